The van der Waals surface area contributed by atoms with Gasteiger partial charge in [0.2, 0.25) is 11.8 Å². The molecule has 7 nitrogen and oxygen atoms in total. The predicted octanol–water partition coefficient (Wildman–Crippen LogP) is 1.91. The summed E-state index contributed by atoms with van der Waals surface area (Å²) >= 11 is 1.32. The summed E-state index contributed by atoms with van der Waals surface area (Å²) in [6, 6.07) is 5.02. The molecule has 0 aliphatic heterocycles. The van der Waals surface area contributed by atoms with Gasteiger partial charge >= 0.3 is 0 Å². The number of amides is 3. The van der Waals surface area contributed by atoms with E-state index in [2.05, 4.69) is 15.6 Å². The van der Waals surface area contributed by atoms with Crippen LogP contribution in [0.1, 0.15) is 28.8 Å². The number of aromatic nitrogens is 1. The van der Waals surface area contributed by atoms with Gasteiger partial charge in [0.1, 0.15) is 5.41 Å². The molecule has 0 bridgehead atoms. The van der Waals surface area contributed by atoms with Crippen LogP contribution in [0.3, 0.4) is 0 Å². The second-order valence-corrected chi connectivity index (χ2v) is 6.56. The minimum Gasteiger partial charge on any atom is -0.369 e. The molecule has 124 valence electrons. The van der Waals surface area contributed by atoms with E-state index >= 15 is 0 Å². The Morgan fingerprint density at radius 1 is 1.25 bits per heavy atom. The summed E-state index contributed by atoms with van der Waals surface area (Å²) in [6.45, 7) is 1.73. The molecule has 3 amide bonds. The van der Waals surface area contributed by atoms with Crippen molar-refractivity contribution < 1.29 is 14.4 Å². The maximum Gasteiger partial charge on any atom is 0.257 e. The third-order valence-electron chi connectivity index (χ3n) is 4.14. The van der Waals surface area contributed by atoms with Crippen LogP contribution < -0.4 is 16.4 Å². The molecule has 1 saturated carbocycles. The van der Waals surface area contributed by atoms with Gasteiger partial charge in [0, 0.05) is 22.8 Å². The Labute approximate surface area is 142 Å². The summed E-state index contributed by atoms with van der Waals surface area (Å²) in [6.07, 6.45) is 2.51. The monoisotopic (exact) mass is 344 g/mol. The summed E-state index contributed by atoms with van der Waals surface area (Å²) in [5.41, 5.74) is 5.72. The largest absolute Gasteiger partial charge is 0.369 e. The van der Waals surface area contributed by atoms with Gasteiger partial charge in [-0.25, -0.2) is 4.98 Å². The average molecular weight is 344 g/mol. The molecular formula is C16H16N4O3S. The van der Waals surface area contributed by atoms with E-state index < -0.39 is 17.2 Å². The number of nitrogens with two attached hydrogens (primary N) is 1. The number of primary amides is 1. The van der Waals surface area contributed by atoms with Crippen molar-refractivity contribution in [3.8, 4) is 0 Å². The van der Waals surface area contributed by atoms with Crippen LogP contribution in [0, 0.1) is 12.3 Å². The summed E-state index contributed by atoms with van der Waals surface area (Å²) in [4.78, 5) is 40.1. The zero-order valence-electron chi connectivity index (χ0n) is 13.0. The molecule has 0 saturated heterocycles. The lowest BCUT2D eigenvalue weighted by atomic mass is 10.0. The van der Waals surface area contributed by atoms with Crippen molar-refractivity contribution in [1.82, 2.24) is 4.98 Å². The van der Waals surface area contributed by atoms with Crippen molar-refractivity contribution >= 4 is 39.9 Å². The van der Waals surface area contributed by atoms with Crippen molar-refractivity contribution in [2.75, 3.05) is 10.6 Å². The third kappa shape index (κ3) is 2.88. The first-order valence-electron chi connectivity index (χ1n) is 7.36. The third-order valence-corrected chi connectivity index (χ3v) is 4.82. The number of carbonyl (C=O) groups is 3. The van der Waals surface area contributed by atoms with Crippen LogP contribution in [0.5, 0.6) is 0 Å². The fourth-order valence-corrected chi connectivity index (χ4v) is 2.94. The van der Waals surface area contributed by atoms with Crippen LogP contribution in [0.4, 0.5) is 10.8 Å². The normalized spacial score (nSPS) is 14.7. The van der Waals surface area contributed by atoms with Crippen molar-refractivity contribution in [2.24, 2.45) is 11.1 Å². The Hall–Kier alpha value is -2.74. The van der Waals surface area contributed by atoms with Crippen LogP contribution >= 0.6 is 11.3 Å². The van der Waals surface area contributed by atoms with E-state index in [-0.39, 0.29) is 5.91 Å². The molecule has 8 heteroatoms. The van der Waals surface area contributed by atoms with E-state index in [9.17, 15) is 14.4 Å². The Balaban J connectivity index is 1.79. The second-order valence-electron chi connectivity index (χ2n) is 5.67. The molecule has 1 aromatic carbocycles. The standard InChI is InChI=1S/C16H16N4O3S/c1-9-10(12(21)20-15-18-7-8-24-15)3-2-4-11(9)19-14(23)16(5-6-16)13(17)22/h2-4,7-8H,5-6H2,1H3,(H2,17,22)(H,19,23)(H,18,20,21). The molecule has 3 rings (SSSR count). The maximum absolute atomic E-state index is 12.4. The van der Waals surface area contributed by atoms with Gasteiger partial charge in [0.15, 0.2) is 5.13 Å². The summed E-state index contributed by atoms with van der Waals surface area (Å²) in [5.74, 6) is -1.35. The van der Waals surface area contributed by atoms with Crippen molar-refractivity contribution in [1.29, 1.82) is 0 Å². The molecule has 0 radical (unpaired) electrons. The lowest BCUT2D eigenvalue weighted by Gasteiger charge is -2.15. The fourth-order valence-electron chi connectivity index (χ4n) is 2.42. The molecule has 1 aliphatic carbocycles. The Kier molecular flexibility index (Phi) is 4.06. The molecule has 0 unspecified atom stereocenters. The first kappa shape index (κ1) is 16.1. The van der Waals surface area contributed by atoms with E-state index in [0.29, 0.717) is 34.8 Å². The number of carbonyl (C=O) groups excluding carboxylic acids is 3. The lowest BCUT2D eigenvalue weighted by molar-refractivity contribution is -0.132. The van der Waals surface area contributed by atoms with Gasteiger partial charge in [0.05, 0.1) is 0 Å². The van der Waals surface area contributed by atoms with E-state index in [0.717, 1.165) is 0 Å². The smallest absolute Gasteiger partial charge is 0.257 e. The Morgan fingerprint density at radius 3 is 2.58 bits per heavy atom. The van der Waals surface area contributed by atoms with Crippen molar-refractivity contribution in [2.45, 2.75) is 19.8 Å². The Morgan fingerprint density at radius 2 is 2.00 bits per heavy atom. The second kappa shape index (κ2) is 6.04. The highest BCUT2D eigenvalue weighted by Gasteiger charge is 2.55. The lowest BCUT2D eigenvalue weighted by Crippen LogP contribution is -2.36. The van der Waals surface area contributed by atoms with Gasteiger partial charge < -0.3 is 11.1 Å². The van der Waals surface area contributed by atoms with Gasteiger partial charge in [-0.15, -0.1) is 11.3 Å². The van der Waals surface area contributed by atoms with Crippen LogP contribution in [0.2, 0.25) is 0 Å². The molecule has 24 heavy (non-hydrogen) atoms. The first-order chi connectivity index (χ1) is 11.4. The number of nitrogens with zero attached hydrogens (tertiary/aromatic N) is 1. The molecule has 4 N–H and O–H groups in total. The molecule has 2 aromatic rings. The number of rotatable bonds is 5. The van der Waals surface area contributed by atoms with Crippen LogP contribution in [-0.2, 0) is 9.59 Å². The molecule has 0 atom stereocenters. The van der Waals surface area contributed by atoms with Gasteiger partial charge in [0.25, 0.3) is 5.91 Å². The SMILES string of the molecule is Cc1c(NC(=O)C2(C(N)=O)CC2)cccc1C(=O)Nc1nccs1. The number of hydrogen-bond acceptors (Lipinski definition) is 5. The fraction of sp³-hybridized carbons (Fsp3) is 0.250. The predicted molar refractivity (Wildman–Crippen MR) is 90.7 cm³/mol. The molecular weight excluding hydrogens is 328 g/mol. The topological polar surface area (TPSA) is 114 Å². The van der Waals surface area contributed by atoms with Crippen LogP contribution in [-0.4, -0.2) is 22.7 Å². The van der Waals surface area contributed by atoms with E-state index in [4.69, 9.17) is 5.73 Å². The van der Waals surface area contributed by atoms with E-state index in [1.54, 1.807) is 36.7 Å². The Bertz CT molecular complexity index is 813. The number of hydrogen-bond donors (Lipinski definition) is 3. The first-order valence-corrected chi connectivity index (χ1v) is 8.24. The molecule has 1 aromatic heterocycles. The number of benzene rings is 1. The minimum atomic E-state index is -1.11. The number of anilines is 2. The molecule has 1 fully saturated rings. The van der Waals surface area contributed by atoms with Gasteiger partial charge in [-0.05, 0) is 37.5 Å². The molecule has 1 heterocycles. The molecule has 0 spiro atoms. The highest BCUT2D eigenvalue weighted by Crippen LogP contribution is 2.46. The highest BCUT2D eigenvalue weighted by molar-refractivity contribution is 7.13. The summed E-state index contributed by atoms with van der Waals surface area (Å²) in [5, 5.41) is 7.68. The van der Waals surface area contributed by atoms with Gasteiger partial charge in [-0.2, -0.15) is 0 Å². The van der Waals surface area contributed by atoms with Crippen LogP contribution in [0.25, 0.3) is 0 Å². The van der Waals surface area contributed by atoms with E-state index in [1.807, 2.05) is 0 Å². The van der Waals surface area contributed by atoms with Crippen molar-refractivity contribution in [3.63, 3.8) is 0 Å². The average Bonchev–Trinajstić information content (AvgIpc) is 3.22. The highest BCUT2D eigenvalue weighted by atomic mass is 32.1. The number of nitrogens with one attached hydrogen (secondary N) is 2. The van der Waals surface area contributed by atoms with E-state index in [1.165, 1.54) is 11.3 Å². The summed E-state index contributed by atoms with van der Waals surface area (Å²) < 4.78 is 0. The van der Waals surface area contributed by atoms with Gasteiger partial charge in [-0.3, -0.25) is 19.7 Å². The zero-order chi connectivity index (χ0) is 17.3. The minimum absolute atomic E-state index is 0.311. The zero-order valence-corrected chi connectivity index (χ0v) is 13.8. The number of thiazole rings is 1. The maximum atomic E-state index is 12.4. The quantitative estimate of drug-likeness (QED) is 0.719. The van der Waals surface area contributed by atoms with Crippen LogP contribution in [0.15, 0.2) is 29.8 Å². The van der Waals surface area contributed by atoms with Crippen molar-refractivity contribution in [3.05, 3.63) is 40.9 Å². The summed E-state index contributed by atoms with van der Waals surface area (Å²) in [7, 11) is 0. The van der Waals surface area contributed by atoms with Gasteiger partial charge in [-0.1, -0.05) is 6.07 Å². The molecule has 1 aliphatic rings.